The summed E-state index contributed by atoms with van der Waals surface area (Å²) >= 11 is 0. The van der Waals surface area contributed by atoms with Gasteiger partial charge in [-0.3, -0.25) is 9.78 Å². The van der Waals surface area contributed by atoms with Crippen LogP contribution in [-0.4, -0.2) is 40.0 Å². The van der Waals surface area contributed by atoms with Gasteiger partial charge in [-0.05, 0) is 31.0 Å². The summed E-state index contributed by atoms with van der Waals surface area (Å²) in [5.41, 5.74) is 0.464. The van der Waals surface area contributed by atoms with Gasteiger partial charge in [0.25, 0.3) is 5.91 Å². The van der Waals surface area contributed by atoms with Gasteiger partial charge in [-0.15, -0.1) is 0 Å². The topological polar surface area (TPSA) is 71.0 Å². The van der Waals surface area contributed by atoms with E-state index in [0.717, 1.165) is 31.9 Å². The lowest BCUT2D eigenvalue weighted by Crippen LogP contribution is -2.45. The highest BCUT2D eigenvalue weighted by Gasteiger charge is 2.22. The first kappa shape index (κ1) is 13.5. The molecule has 0 aliphatic carbocycles. The predicted molar refractivity (Wildman–Crippen MR) is 79.0 cm³/mol. The summed E-state index contributed by atoms with van der Waals surface area (Å²) in [6.45, 7) is 1.69. The number of nitrogens with one attached hydrogen (secondary N) is 1. The maximum atomic E-state index is 12.1. The van der Waals surface area contributed by atoms with E-state index in [0.29, 0.717) is 5.69 Å². The lowest BCUT2D eigenvalue weighted by Gasteiger charge is -2.32. The summed E-state index contributed by atoms with van der Waals surface area (Å²) in [6.07, 6.45) is 6.90. The van der Waals surface area contributed by atoms with Crippen molar-refractivity contribution in [3.05, 3.63) is 48.5 Å². The Morgan fingerprint density at radius 2 is 1.76 bits per heavy atom. The largest absolute Gasteiger partial charge is 0.348 e. The SMILES string of the molecule is O=C(NC1CCN(c2ncccn2)CC1)c1ccccn1. The van der Waals surface area contributed by atoms with Gasteiger partial charge in [0.15, 0.2) is 0 Å². The summed E-state index contributed by atoms with van der Waals surface area (Å²) in [5, 5.41) is 3.04. The van der Waals surface area contributed by atoms with Crippen LogP contribution >= 0.6 is 0 Å². The molecule has 0 atom stereocenters. The minimum absolute atomic E-state index is 0.106. The van der Waals surface area contributed by atoms with Gasteiger partial charge in [0.2, 0.25) is 5.95 Å². The summed E-state index contributed by atoms with van der Waals surface area (Å²) in [4.78, 5) is 26.8. The van der Waals surface area contributed by atoms with E-state index in [1.807, 2.05) is 12.1 Å². The van der Waals surface area contributed by atoms with Gasteiger partial charge in [0.05, 0.1) is 0 Å². The first-order valence-corrected chi connectivity index (χ1v) is 7.07. The number of nitrogens with zero attached hydrogens (tertiary/aromatic N) is 4. The molecule has 0 bridgehead atoms. The lowest BCUT2D eigenvalue weighted by atomic mass is 10.1. The Labute approximate surface area is 123 Å². The van der Waals surface area contributed by atoms with Gasteiger partial charge >= 0.3 is 0 Å². The number of carbonyl (C=O) groups is 1. The standard InChI is InChI=1S/C15H17N5O/c21-14(13-4-1-2-7-16-13)19-12-5-10-20(11-6-12)15-17-8-3-9-18-15/h1-4,7-9,12H,5-6,10-11H2,(H,19,21). The van der Waals surface area contributed by atoms with E-state index in [1.165, 1.54) is 0 Å². The summed E-state index contributed by atoms with van der Waals surface area (Å²) in [6, 6.07) is 7.33. The van der Waals surface area contributed by atoms with Crippen molar-refractivity contribution in [2.24, 2.45) is 0 Å². The van der Waals surface area contributed by atoms with Gasteiger partial charge in [-0.1, -0.05) is 6.07 Å². The molecule has 21 heavy (non-hydrogen) atoms. The monoisotopic (exact) mass is 283 g/mol. The highest BCUT2D eigenvalue weighted by molar-refractivity contribution is 5.92. The maximum absolute atomic E-state index is 12.1. The van der Waals surface area contributed by atoms with Crippen molar-refractivity contribution in [1.82, 2.24) is 20.3 Å². The smallest absolute Gasteiger partial charge is 0.270 e. The number of anilines is 1. The number of hydrogen-bond acceptors (Lipinski definition) is 5. The van der Waals surface area contributed by atoms with Crippen molar-refractivity contribution in [3.8, 4) is 0 Å². The van der Waals surface area contributed by atoms with E-state index in [2.05, 4.69) is 25.2 Å². The number of aromatic nitrogens is 3. The van der Waals surface area contributed by atoms with Crippen molar-refractivity contribution < 1.29 is 4.79 Å². The van der Waals surface area contributed by atoms with Crippen LogP contribution in [0.1, 0.15) is 23.3 Å². The molecule has 6 nitrogen and oxygen atoms in total. The van der Waals surface area contributed by atoms with Crippen LogP contribution in [0.5, 0.6) is 0 Å². The Balaban J connectivity index is 1.53. The Bertz CT molecular complexity index is 582. The molecule has 2 aromatic rings. The predicted octanol–water partition coefficient (Wildman–Crippen LogP) is 1.27. The molecule has 1 aliphatic heterocycles. The number of piperidine rings is 1. The number of hydrogen-bond donors (Lipinski definition) is 1. The molecule has 0 radical (unpaired) electrons. The van der Waals surface area contributed by atoms with E-state index < -0.39 is 0 Å². The average Bonchev–Trinajstić information content (AvgIpc) is 2.57. The number of pyridine rings is 1. The summed E-state index contributed by atoms with van der Waals surface area (Å²) in [5.74, 6) is 0.650. The molecule has 0 aromatic carbocycles. The van der Waals surface area contributed by atoms with E-state index in [9.17, 15) is 4.79 Å². The molecular formula is C15H17N5O. The minimum Gasteiger partial charge on any atom is -0.348 e. The van der Waals surface area contributed by atoms with E-state index in [4.69, 9.17) is 0 Å². The second-order valence-electron chi connectivity index (χ2n) is 5.00. The zero-order valence-electron chi connectivity index (χ0n) is 11.6. The highest BCUT2D eigenvalue weighted by Crippen LogP contribution is 2.15. The van der Waals surface area contributed by atoms with Crippen molar-refractivity contribution in [1.29, 1.82) is 0 Å². The Morgan fingerprint density at radius 3 is 2.43 bits per heavy atom. The van der Waals surface area contributed by atoms with Crippen LogP contribution in [0.15, 0.2) is 42.9 Å². The third kappa shape index (κ3) is 3.34. The molecule has 0 spiro atoms. The first-order chi connectivity index (χ1) is 10.3. The fraction of sp³-hybridized carbons (Fsp3) is 0.333. The molecule has 1 aliphatic rings. The first-order valence-electron chi connectivity index (χ1n) is 7.07. The normalized spacial score (nSPS) is 15.7. The second kappa shape index (κ2) is 6.30. The Hall–Kier alpha value is -2.50. The average molecular weight is 283 g/mol. The molecule has 0 saturated carbocycles. The van der Waals surface area contributed by atoms with Crippen molar-refractivity contribution in [2.75, 3.05) is 18.0 Å². The van der Waals surface area contributed by atoms with Crippen LogP contribution in [-0.2, 0) is 0 Å². The molecule has 2 aromatic heterocycles. The van der Waals surface area contributed by atoms with Crippen LogP contribution in [0.2, 0.25) is 0 Å². The minimum atomic E-state index is -0.106. The van der Waals surface area contributed by atoms with Gasteiger partial charge < -0.3 is 10.2 Å². The van der Waals surface area contributed by atoms with E-state index >= 15 is 0 Å². The molecule has 1 saturated heterocycles. The second-order valence-corrected chi connectivity index (χ2v) is 5.00. The molecule has 108 valence electrons. The highest BCUT2D eigenvalue weighted by atomic mass is 16.1. The van der Waals surface area contributed by atoms with Gasteiger partial charge in [0, 0.05) is 37.7 Å². The molecular weight excluding hydrogens is 266 g/mol. The van der Waals surface area contributed by atoms with Crippen molar-refractivity contribution in [2.45, 2.75) is 18.9 Å². The Kier molecular flexibility index (Phi) is 4.04. The van der Waals surface area contributed by atoms with Crippen LogP contribution in [0, 0.1) is 0 Å². The van der Waals surface area contributed by atoms with Crippen molar-refractivity contribution in [3.63, 3.8) is 0 Å². The number of carbonyl (C=O) groups excluding carboxylic acids is 1. The quantitative estimate of drug-likeness (QED) is 0.918. The molecule has 1 amide bonds. The molecule has 1 N–H and O–H groups in total. The number of amides is 1. The summed E-state index contributed by atoms with van der Waals surface area (Å²) in [7, 11) is 0. The number of rotatable bonds is 3. The van der Waals surface area contributed by atoms with Gasteiger partial charge in [-0.25, -0.2) is 9.97 Å². The third-order valence-corrected chi connectivity index (χ3v) is 3.56. The molecule has 0 unspecified atom stereocenters. The molecule has 3 rings (SSSR count). The fourth-order valence-corrected chi connectivity index (χ4v) is 2.43. The fourth-order valence-electron chi connectivity index (χ4n) is 2.43. The lowest BCUT2D eigenvalue weighted by molar-refractivity contribution is 0.0926. The third-order valence-electron chi connectivity index (χ3n) is 3.56. The maximum Gasteiger partial charge on any atom is 0.270 e. The van der Waals surface area contributed by atoms with Gasteiger partial charge in [0.1, 0.15) is 5.69 Å². The molecule has 3 heterocycles. The van der Waals surface area contributed by atoms with Crippen LogP contribution in [0.3, 0.4) is 0 Å². The van der Waals surface area contributed by atoms with Crippen LogP contribution < -0.4 is 10.2 Å². The molecule has 6 heteroatoms. The molecule has 1 fully saturated rings. The zero-order valence-corrected chi connectivity index (χ0v) is 11.6. The van der Waals surface area contributed by atoms with Crippen LogP contribution in [0.25, 0.3) is 0 Å². The van der Waals surface area contributed by atoms with Crippen molar-refractivity contribution >= 4 is 11.9 Å². The van der Waals surface area contributed by atoms with Crippen LogP contribution in [0.4, 0.5) is 5.95 Å². The zero-order chi connectivity index (χ0) is 14.5. The van der Waals surface area contributed by atoms with E-state index in [-0.39, 0.29) is 11.9 Å². The summed E-state index contributed by atoms with van der Waals surface area (Å²) < 4.78 is 0. The Morgan fingerprint density at radius 1 is 1.05 bits per heavy atom. The van der Waals surface area contributed by atoms with Gasteiger partial charge in [-0.2, -0.15) is 0 Å². The van der Waals surface area contributed by atoms with E-state index in [1.54, 1.807) is 30.7 Å².